The smallest absolute Gasteiger partial charge is 0.256 e. The first-order valence-corrected chi connectivity index (χ1v) is 10.3. The molecule has 0 aliphatic carbocycles. The Morgan fingerprint density at radius 3 is 2.33 bits per heavy atom. The van der Waals surface area contributed by atoms with Crippen LogP contribution in [0.2, 0.25) is 0 Å². The van der Waals surface area contributed by atoms with Crippen molar-refractivity contribution in [1.82, 2.24) is 19.0 Å². The number of benzene rings is 1. The Hall–Kier alpha value is -2.26. The molecule has 7 nitrogen and oxygen atoms in total. The summed E-state index contributed by atoms with van der Waals surface area (Å²) >= 11 is 0. The monoisotopic (exact) mass is 394 g/mol. The lowest BCUT2D eigenvalue weighted by molar-refractivity contribution is 0.0693. The summed E-state index contributed by atoms with van der Waals surface area (Å²) in [6, 6.07) is 5.86. The SMILES string of the molecule is Cc1nn(C(C)C)cc1S(=O)(=O)N1CCN(C(=O)c2ccccc2F)CC1. The van der Waals surface area contributed by atoms with Gasteiger partial charge in [-0.05, 0) is 32.9 Å². The number of piperazine rings is 1. The predicted octanol–water partition coefficient (Wildman–Crippen LogP) is 2.06. The Bertz CT molecular complexity index is 947. The van der Waals surface area contributed by atoms with Crippen LogP contribution in [-0.2, 0) is 10.0 Å². The van der Waals surface area contributed by atoms with Crippen LogP contribution in [0, 0.1) is 12.7 Å². The number of rotatable bonds is 4. The van der Waals surface area contributed by atoms with Crippen molar-refractivity contribution in [3.05, 3.63) is 47.5 Å². The Balaban J connectivity index is 1.73. The molecule has 1 fully saturated rings. The van der Waals surface area contributed by atoms with Crippen LogP contribution in [0.3, 0.4) is 0 Å². The van der Waals surface area contributed by atoms with E-state index in [2.05, 4.69) is 5.10 Å². The second-order valence-electron chi connectivity index (χ2n) is 6.83. The third-order valence-corrected chi connectivity index (χ3v) is 6.65. The number of aryl methyl sites for hydroxylation is 1. The molecule has 2 heterocycles. The van der Waals surface area contributed by atoms with E-state index < -0.39 is 21.7 Å². The number of carbonyl (C=O) groups excluding carboxylic acids is 1. The molecule has 0 unspecified atom stereocenters. The number of sulfonamides is 1. The third-order valence-electron chi connectivity index (χ3n) is 4.65. The fourth-order valence-corrected chi connectivity index (χ4v) is 4.64. The van der Waals surface area contributed by atoms with Crippen molar-refractivity contribution in [2.75, 3.05) is 26.2 Å². The summed E-state index contributed by atoms with van der Waals surface area (Å²) in [5, 5.41) is 4.27. The highest BCUT2D eigenvalue weighted by atomic mass is 32.2. The van der Waals surface area contributed by atoms with E-state index in [9.17, 15) is 17.6 Å². The number of hydrogen-bond donors (Lipinski definition) is 0. The molecule has 1 aromatic heterocycles. The molecule has 1 aliphatic rings. The molecule has 1 aliphatic heterocycles. The largest absolute Gasteiger partial charge is 0.336 e. The lowest BCUT2D eigenvalue weighted by atomic mass is 10.1. The molecule has 9 heteroatoms. The fraction of sp³-hybridized carbons (Fsp3) is 0.444. The molecule has 0 spiro atoms. The molecular formula is C18H23FN4O3S. The highest BCUT2D eigenvalue weighted by Gasteiger charge is 2.33. The van der Waals surface area contributed by atoms with Gasteiger partial charge in [0, 0.05) is 38.4 Å². The van der Waals surface area contributed by atoms with Crippen molar-refractivity contribution in [2.24, 2.45) is 0 Å². The maximum atomic E-state index is 13.8. The molecule has 0 N–H and O–H groups in total. The summed E-state index contributed by atoms with van der Waals surface area (Å²) in [7, 11) is -3.69. The average molecular weight is 394 g/mol. The Kier molecular flexibility index (Phi) is 5.34. The number of carbonyl (C=O) groups is 1. The summed E-state index contributed by atoms with van der Waals surface area (Å²) in [5.74, 6) is -0.997. The first-order valence-electron chi connectivity index (χ1n) is 8.81. The maximum absolute atomic E-state index is 13.8. The van der Waals surface area contributed by atoms with Gasteiger partial charge in [-0.15, -0.1) is 0 Å². The van der Waals surface area contributed by atoms with E-state index in [-0.39, 0.29) is 42.7 Å². The topological polar surface area (TPSA) is 75.5 Å². The summed E-state index contributed by atoms with van der Waals surface area (Å²) in [4.78, 5) is 14.2. The van der Waals surface area contributed by atoms with E-state index >= 15 is 0 Å². The summed E-state index contributed by atoms with van der Waals surface area (Å²) in [5.41, 5.74) is 0.455. The van der Waals surface area contributed by atoms with Crippen LogP contribution < -0.4 is 0 Å². The zero-order valence-corrected chi connectivity index (χ0v) is 16.4. The Morgan fingerprint density at radius 1 is 1.15 bits per heavy atom. The molecule has 1 amide bonds. The molecule has 1 saturated heterocycles. The Morgan fingerprint density at radius 2 is 1.78 bits per heavy atom. The van der Waals surface area contributed by atoms with E-state index in [0.717, 1.165) is 0 Å². The minimum Gasteiger partial charge on any atom is -0.336 e. The molecule has 0 saturated carbocycles. The van der Waals surface area contributed by atoms with Crippen LogP contribution in [0.15, 0.2) is 35.4 Å². The number of aromatic nitrogens is 2. The summed E-state index contributed by atoms with van der Waals surface area (Å²) in [6.45, 7) is 6.27. The van der Waals surface area contributed by atoms with Gasteiger partial charge in [0.25, 0.3) is 5.91 Å². The van der Waals surface area contributed by atoms with Crippen LogP contribution in [0.4, 0.5) is 4.39 Å². The lowest BCUT2D eigenvalue weighted by Crippen LogP contribution is -2.50. The third kappa shape index (κ3) is 3.74. The minimum absolute atomic E-state index is 0.00265. The molecule has 146 valence electrons. The van der Waals surface area contributed by atoms with Gasteiger partial charge < -0.3 is 4.90 Å². The van der Waals surface area contributed by atoms with E-state index in [1.807, 2.05) is 13.8 Å². The lowest BCUT2D eigenvalue weighted by Gasteiger charge is -2.34. The number of nitrogens with zero attached hydrogens (tertiary/aromatic N) is 4. The van der Waals surface area contributed by atoms with E-state index in [1.54, 1.807) is 23.9 Å². The maximum Gasteiger partial charge on any atom is 0.256 e. The molecule has 3 rings (SSSR count). The molecular weight excluding hydrogens is 371 g/mol. The second-order valence-corrected chi connectivity index (χ2v) is 8.74. The predicted molar refractivity (Wildman–Crippen MR) is 98.4 cm³/mol. The van der Waals surface area contributed by atoms with Crippen LogP contribution in [0.1, 0.15) is 35.9 Å². The standard InChI is InChI=1S/C18H23FN4O3S/c1-13(2)23-12-17(14(3)20-23)27(25,26)22-10-8-21(9-11-22)18(24)15-6-4-5-7-16(15)19/h4-7,12-13H,8-11H2,1-3H3. The second kappa shape index (κ2) is 7.40. The van der Waals surface area contributed by atoms with Crippen LogP contribution in [0.25, 0.3) is 0 Å². The van der Waals surface area contributed by atoms with Gasteiger partial charge in [-0.3, -0.25) is 9.48 Å². The molecule has 1 aromatic carbocycles. The van der Waals surface area contributed by atoms with Gasteiger partial charge in [-0.1, -0.05) is 12.1 Å². The Labute approximate surface area is 158 Å². The van der Waals surface area contributed by atoms with Crippen molar-refractivity contribution in [3.63, 3.8) is 0 Å². The van der Waals surface area contributed by atoms with E-state index in [4.69, 9.17) is 0 Å². The van der Waals surface area contributed by atoms with Gasteiger partial charge >= 0.3 is 0 Å². The van der Waals surface area contributed by atoms with Gasteiger partial charge in [0.15, 0.2) is 0 Å². The van der Waals surface area contributed by atoms with Gasteiger partial charge in [-0.2, -0.15) is 9.40 Å². The summed E-state index contributed by atoms with van der Waals surface area (Å²) in [6.07, 6.45) is 1.55. The van der Waals surface area contributed by atoms with Crippen LogP contribution in [-0.4, -0.2) is 59.5 Å². The van der Waals surface area contributed by atoms with Crippen molar-refractivity contribution in [2.45, 2.75) is 31.7 Å². The quantitative estimate of drug-likeness (QED) is 0.796. The zero-order valence-electron chi connectivity index (χ0n) is 15.6. The molecule has 27 heavy (non-hydrogen) atoms. The van der Waals surface area contributed by atoms with Crippen LogP contribution >= 0.6 is 0 Å². The van der Waals surface area contributed by atoms with Gasteiger partial charge in [0.2, 0.25) is 10.0 Å². The van der Waals surface area contributed by atoms with Gasteiger partial charge in [-0.25, -0.2) is 12.8 Å². The first kappa shape index (κ1) is 19.5. The molecule has 2 aromatic rings. The van der Waals surface area contributed by atoms with Crippen molar-refractivity contribution in [3.8, 4) is 0 Å². The van der Waals surface area contributed by atoms with Crippen molar-refractivity contribution >= 4 is 15.9 Å². The average Bonchev–Trinajstić information content (AvgIpc) is 3.04. The summed E-state index contributed by atoms with van der Waals surface area (Å²) < 4.78 is 42.7. The zero-order chi connectivity index (χ0) is 19.8. The minimum atomic E-state index is -3.69. The first-order chi connectivity index (χ1) is 12.7. The van der Waals surface area contributed by atoms with Gasteiger partial charge in [0.05, 0.1) is 11.3 Å². The van der Waals surface area contributed by atoms with Crippen molar-refractivity contribution in [1.29, 1.82) is 0 Å². The number of amides is 1. The van der Waals surface area contributed by atoms with Gasteiger partial charge in [0.1, 0.15) is 10.7 Å². The highest BCUT2D eigenvalue weighted by Crippen LogP contribution is 2.22. The fourth-order valence-electron chi connectivity index (χ4n) is 3.06. The molecule has 0 atom stereocenters. The van der Waals surface area contributed by atoms with E-state index in [1.165, 1.54) is 27.4 Å². The van der Waals surface area contributed by atoms with Crippen molar-refractivity contribution < 1.29 is 17.6 Å². The van der Waals surface area contributed by atoms with Crippen LogP contribution in [0.5, 0.6) is 0 Å². The number of halogens is 1. The molecule has 0 radical (unpaired) electrons. The normalized spacial score (nSPS) is 16.1. The molecule has 0 bridgehead atoms. The van der Waals surface area contributed by atoms with E-state index in [0.29, 0.717) is 5.69 Å². The number of hydrogen-bond acceptors (Lipinski definition) is 4. The highest BCUT2D eigenvalue weighted by molar-refractivity contribution is 7.89.